The standard InChI is InChI=1S/C24H29ClN2O4/c1-3-4-20(6-5-19(2)25)11-12-24(17-27-14-13-26-18-27)30-16-23(31-24)15-29-22-9-7-21(28)8-10-22/h3-10,13-14,18,23,28H,11-12,15-17H2,1-2H3/b4-3-,19-5+,20-6+/t23-,24-/m1/s1. The predicted molar refractivity (Wildman–Crippen MR) is 121 cm³/mol. The van der Waals surface area contributed by atoms with E-state index >= 15 is 0 Å². The van der Waals surface area contributed by atoms with Crippen LogP contribution in [-0.4, -0.2) is 39.8 Å². The summed E-state index contributed by atoms with van der Waals surface area (Å²) in [4.78, 5) is 4.13. The number of phenolic OH excluding ortho intramolecular Hbond substituents is 1. The van der Waals surface area contributed by atoms with Gasteiger partial charge in [0.05, 0.1) is 19.5 Å². The Balaban J connectivity index is 1.67. The van der Waals surface area contributed by atoms with E-state index in [0.717, 1.165) is 17.0 Å². The minimum atomic E-state index is -0.774. The maximum Gasteiger partial charge on any atom is 0.187 e. The van der Waals surface area contributed by atoms with E-state index in [9.17, 15) is 5.11 Å². The SMILES string of the molecule is C\C=C/C(=C\C=C(/C)Cl)CC[C@@]1(Cn2ccnc2)OC[C@@H](COc2ccc(O)cc2)O1. The Morgan fingerprint density at radius 2 is 2.16 bits per heavy atom. The van der Waals surface area contributed by atoms with Gasteiger partial charge in [0, 0.05) is 23.8 Å². The van der Waals surface area contributed by atoms with Crippen LogP contribution in [-0.2, 0) is 16.0 Å². The molecule has 1 aromatic carbocycles. The van der Waals surface area contributed by atoms with E-state index in [1.807, 2.05) is 42.8 Å². The molecule has 7 heteroatoms. The third-order valence-electron chi connectivity index (χ3n) is 4.87. The fourth-order valence-electron chi connectivity index (χ4n) is 3.37. The van der Waals surface area contributed by atoms with Crippen LogP contribution in [0.15, 0.2) is 77.9 Å². The van der Waals surface area contributed by atoms with Crippen LogP contribution < -0.4 is 4.74 Å². The van der Waals surface area contributed by atoms with Gasteiger partial charge in [-0.25, -0.2) is 4.98 Å². The molecule has 1 N–H and O–H groups in total. The Labute approximate surface area is 188 Å². The van der Waals surface area contributed by atoms with Crippen LogP contribution in [0.2, 0.25) is 0 Å². The fourth-order valence-corrected chi connectivity index (χ4v) is 3.44. The van der Waals surface area contributed by atoms with E-state index < -0.39 is 5.79 Å². The Morgan fingerprint density at radius 3 is 2.84 bits per heavy atom. The molecule has 166 valence electrons. The number of halogens is 1. The van der Waals surface area contributed by atoms with Gasteiger partial charge in [0.2, 0.25) is 0 Å². The summed E-state index contributed by atoms with van der Waals surface area (Å²) in [5, 5.41) is 10.1. The second kappa shape index (κ2) is 11.2. The molecule has 1 aliphatic rings. The van der Waals surface area contributed by atoms with Crippen molar-refractivity contribution in [1.82, 2.24) is 9.55 Å². The van der Waals surface area contributed by atoms with E-state index in [4.69, 9.17) is 25.8 Å². The first-order valence-corrected chi connectivity index (χ1v) is 10.7. The molecule has 1 fully saturated rings. The van der Waals surface area contributed by atoms with Gasteiger partial charge < -0.3 is 23.9 Å². The molecule has 0 saturated carbocycles. The van der Waals surface area contributed by atoms with Crippen LogP contribution in [0.5, 0.6) is 11.5 Å². The second-order valence-electron chi connectivity index (χ2n) is 7.50. The molecular formula is C24H29ClN2O4. The van der Waals surface area contributed by atoms with Crippen LogP contribution in [0.1, 0.15) is 26.7 Å². The molecule has 0 radical (unpaired) electrons. The molecular weight excluding hydrogens is 416 g/mol. The molecule has 3 rings (SSSR count). The highest BCUT2D eigenvalue weighted by molar-refractivity contribution is 6.29. The molecule has 2 heterocycles. The number of imidazole rings is 1. The number of aromatic nitrogens is 2. The molecule has 2 atom stereocenters. The second-order valence-corrected chi connectivity index (χ2v) is 8.09. The number of aromatic hydroxyl groups is 1. The number of rotatable bonds is 10. The Kier molecular flexibility index (Phi) is 8.35. The van der Waals surface area contributed by atoms with E-state index in [1.165, 1.54) is 0 Å². The summed E-state index contributed by atoms with van der Waals surface area (Å²) in [5.41, 5.74) is 1.14. The smallest absolute Gasteiger partial charge is 0.187 e. The van der Waals surface area contributed by atoms with Crippen molar-refractivity contribution >= 4 is 11.6 Å². The first-order chi connectivity index (χ1) is 15.0. The summed E-state index contributed by atoms with van der Waals surface area (Å²) in [6.07, 6.45) is 14.6. The van der Waals surface area contributed by atoms with Crippen molar-refractivity contribution in [3.05, 3.63) is 77.9 Å². The van der Waals surface area contributed by atoms with Crippen molar-refractivity contribution in [3.8, 4) is 11.5 Å². The first-order valence-electron chi connectivity index (χ1n) is 10.3. The van der Waals surface area contributed by atoms with Gasteiger partial charge in [-0.15, -0.1) is 0 Å². The highest BCUT2D eigenvalue weighted by Gasteiger charge is 2.42. The average molecular weight is 445 g/mol. The minimum absolute atomic E-state index is 0.198. The number of hydrogen-bond donors (Lipinski definition) is 1. The third-order valence-corrected chi connectivity index (χ3v) is 5.00. The van der Waals surface area contributed by atoms with Crippen LogP contribution in [0.3, 0.4) is 0 Å². The largest absolute Gasteiger partial charge is 0.508 e. The lowest BCUT2D eigenvalue weighted by molar-refractivity contribution is -0.184. The van der Waals surface area contributed by atoms with Gasteiger partial charge in [-0.3, -0.25) is 0 Å². The normalized spacial score (nSPS) is 22.4. The fraction of sp³-hybridized carbons (Fsp3) is 0.375. The molecule has 1 aromatic heterocycles. The zero-order chi connectivity index (χ0) is 22.1. The summed E-state index contributed by atoms with van der Waals surface area (Å²) < 4.78 is 20.4. The van der Waals surface area contributed by atoms with Crippen molar-refractivity contribution in [2.45, 2.75) is 45.1 Å². The molecule has 2 aromatic rings. The minimum Gasteiger partial charge on any atom is -0.508 e. The number of phenols is 1. The van der Waals surface area contributed by atoms with Gasteiger partial charge in [0.25, 0.3) is 0 Å². The maximum absolute atomic E-state index is 9.41. The number of benzene rings is 1. The first kappa shape index (κ1) is 23.1. The van der Waals surface area contributed by atoms with Crippen molar-refractivity contribution < 1.29 is 19.3 Å². The predicted octanol–water partition coefficient (Wildman–Crippen LogP) is 5.20. The molecule has 1 saturated heterocycles. The van der Waals surface area contributed by atoms with E-state index in [0.29, 0.717) is 31.9 Å². The number of hydrogen-bond acceptors (Lipinski definition) is 5. The lowest BCUT2D eigenvalue weighted by Crippen LogP contribution is -2.37. The number of ether oxygens (including phenoxy) is 3. The monoisotopic (exact) mass is 444 g/mol. The van der Waals surface area contributed by atoms with Crippen LogP contribution >= 0.6 is 11.6 Å². The zero-order valence-corrected chi connectivity index (χ0v) is 18.7. The average Bonchev–Trinajstić information content (AvgIpc) is 3.40. The number of nitrogens with zero attached hydrogens (tertiary/aromatic N) is 2. The van der Waals surface area contributed by atoms with Gasteiger partial charge in [-0.1, -0.05) is 29.8 Å². The van der Waals surface area contributed by atoms with Crippen LogP contribution in [0, 0.1) is 0 Å². The molecule has 31 heavy (non-hydrogen) atoms. The summed E-state index contributed by atoms with van der Waals surface area (Å²) in [6.45, 7) is 5.19. The molecule has 0 amide bonds. The third kappa shape index (κ3) is 7.28. The van der Waals surface area contributed by atoms with Crippen molar-refractivity contribution in [2.24, 2.45) is 0 Å². The Morgan fingerprint density at radius 1 is 1.35 bits per heavy atom. The highest BCUT2D eigenvalue weighted by atomic mass is 35.5. The molecule has 0 unspecified atom stereocenters. The van der Waals surface area contributed by atoms with Crippen molar-refractivity contribution in [3.63, 3.8) is 0 Å². The van der Waals surface area contributed by atoms with Crippen molar-refractivity contribution in [2.75, 3.05) is 13.2 Å². The molecule has 0 aliphatic carbocycles. The van der Waals surface area contributed by atoms with Gasteiger partial charge in [0.15, 0.2) is 5.79 Å². The van der Waals surface area contributed by atoms with Gasteiger partial charge >= 0.3 is 0 Å². The van der Waals surface area contributed by atoms with Crippen molar-refractivity contribution in [1.29, 1.82) is 0 Å². The lowest BCUT2D eigenvalue weighted by atomic mass is 10.0. The van der Waals surface area contributed by atoms with Crippen LogP contribution in [0.4, 0.5) is 0 Å². The Hall–Kier alpha value is -2.54. The summed E-state index contributed by atoms with van der Waals surface area (Å²) in [6, 6.07) is 6.64. The zero-order valence-electron chi connectivity index (χ0n) is 17.9. The molecule has 0 bridgehead atoms. The summed E-state index contributed by atoms with van der Waals surface area (Å²) >= 11 is 5.99. The molecule has 0 spiro atoms. The quantitative estimate of drug-likeness (QED) is 0.510. The van der Waals surface area contributed by atoms with Gasteiger partial charge in [-0.05, 0) is 56.2 Å². The Bertz CT molecular complexity index is 902. The van der Waals surface area contributed by atoms with Gasteiger partial charge in [-0.2, -0.15) is 0 Å². The van der Waals surface area contributed by atoms with Gasteiger partial charge in [0.1, 0.15) is 24.2 Å². The van der Waals surface area contributed by atoms with E-state index in [1.54, 1.807) is 36.8 Å². The topological polar surface area (TPSA) is 65.7 Å². The molecule has 1 aliphatic heterocycles. The molecule has 6 nitrogen and oxygen atoms in total. The lowest BCUT2D eigenvalue weighted by Gasteiger charge is -2.29. The maximum atomic E-state index is 9.41. The van der Waals surface area contributed by atoms with E-state index in [-0.39, 0.29) is 11.9 Å². The highest BCUT2D eigenvalue weighted by Crippen LogP contribution is 2.32. The summed E-state index contributed by atoms with van der Waals surface area (Å²) in [7, 11) is 0. The van der Waals surface area contributed by atoms with E-state index in [2.05, 4.69) is 11.1 Å². The number of allylic oxidation sites excluding steroid dienone is 6. The van der Waals surface area contributed by atoms with Crippen LogP contribution in [0.25, 0.3) is 0 Å². The summed E-state index contributed by atoms with van der Waals surface area (Å²) in [5.74, 6) is 0.107.